The fraction of sp³-hybridized carbons (Fsp3) is 1.00. The van der Waals surface area contributed by atoms with Gasteiger partial charge in [0.2, 0.25) is 0 Å². The number of rotatable bonds is 2. The van der Waals surface area contributed by atoms with Crippen LogP contribution in [0, 0.1) is 0 Å². The lowest BCUT2D eigenvalue weighted by molar-refractivity contribution is 0.101. The van der Waals surface area contributed by atoms with Crippen LogP contribution < -0.4 is 0 Å². The van der Waals surface area contributed by atoms with Crippen LogP contribution in [-0.2, 0) is 0 Å². The first-order chi connectivity index (χ1) is 3.18. The Bertz CT molecular complexity index is 44.2. The van der Waals surface area contributed by atoms with Crippen LogP contribution in [0.1, 0.15) is 0 Å². The van der Waals surface area contributed by atoms with E-state index in [1.54, 1.807) is 12.2 Å². The maximum atomic E-state index is 3.85. The van der Waals surface area contributed by atoms with Gasteiger partial charge in [-0.15, -0.1) is 0 Å². The summed E-state index contributed by atoms with van der Waals surface area (Å²) in [6, 6.07) is 0. The van der Waals surface area contributed by atoms with Crippen molar-refractivity contribution in [2.24, 2.45) is 0 Å². The van der Waals surface area contributed by atoms with E-state index in [4.69, 9.17) is 0 Å². The predicted octanol–water partition coefficient (Wildman–Crippen LogP) is 0.313. The molecule has 0 saturated heterocycles. The molecular formula is C4H12N3-. The first-order valence-corrected chi connectivity index (χ1v) is 2.19. The molecule has 0 bridgehead atoms. The second kappa shape index (κ2) is 2.96. The van der Waals surface area contributed by atoms with Gasteiger partial charge in [0, 0.05) is 0 Å². The summed E-state index contributed by atoms with van der Waals surface area (Å²) in [6.07, 6.45) is 0. The van der Waals surface area contributed by atoms with Crippen molar-refractivity contribution in [2.45, 2.75) is 0 Å². The monoisotopic (exact) mass is 102 g/mol. The maximum absolute atomic E-state index is 3.85. The standard InChI is InChI=1S/C4H12N3/c1-5-7(4)6(2)3/h1-4H3/q-1. The highest BCUT2D eigenvalue weighted by molar-refractivity contribution is 4.56. The van der Waals surface area contributed by atoms with Crippen LogP contribution in [0.5, 0.6) is 0 Å². The molecule has 0 atom stereocenters. The van der Waals surface area contributed by atoms with E-state index >= 15 is 0 Å². The van der Waals surface area contributed by atoms with Gasteiger partial charge in [-0.25, -0.2) is 0 Å². The van der Waals surface area contributed by atoms with E-state index in [1.165, 1.54) is 0 Å². The van der Waals surface area contributed by atoms with E-state index in [2.05, 4.69) is 5.43 Å². The minimum absolute atomic E-state index is 1.75. The van der Waals surface area contributed by atoms with Crippen molar-refractivity contribution in [3.05, 3.63) is 5.43 Å². The molecule has 0 N–H and O–H groups in total. The first-order valence-electron chi connectivity index (χ1n) is 2.19. The highest BCUT2D eigenvalue weighted by Crippen LogP contribution is 1.88. The number of hydrogen-bond acceptors (Lipinski definition) is 2. The third-order valence-corrected chi connectivity index (χ3v) is 0.868. The number of nitrogens with zero attached hydrogens (tertiary/aromatic N) is 3. The molecule has 0 aromatic heterocycles. The van der Waals surface area contributed by atoms with Crippen molar-refractivity contribution in [3.63, 3.8) is 0 Å². The molecule has 0 aliphatic carbocycles. The Labute approximate surface area is 44.8 Å². The van der Waals surface area contributed by atoms with Crippen LogP contribution >= 0.6 is 0 Å². The van der Waals surface area contributed by atoms with Crippen molar-refractivity contribution >= 4 is 0 Å². The van der Waals surface area contributed by atoms with Gasteiger partial charge >= 0.3 is 0 Å². The molecule has 0 rings (SSSR count). The van der Waals surface area contributed by atoms with Crippen LogP contribution in [0.25, 0.3) is 5.43 Å². The van der Waals surface area contributed by atoms with E-state index < -0.39 is 0 Å². The molecule has 0 aromatic rings. The lowest BCUT2D eigenvalue weighted by atomic mass is 11.1. The predicted molar refractivity (Wildman–Crippen MR) is 30.7 cm³/mol. The maximum Gasteiger partial charge on any atom is -0.0000451 e. The Kier molecular flexibility index (Phi) is 2.91. The van der Waals surface area contributed by atoms with Gasteiger partial charge in [-0.2, -0.15) is 7.05 Å². The Hall–Kier alpha value is -0.120. The fourth-order valence-corrected chi connectivity index (χ4v) is 0.179. The molecule has 0 radical (unpaired) electrons. The van der Waals surface area contributed by atoms with E-state index in [-0.39, 0.29) is 0 Å². The molecule has 0 amide bonds. The molecule has 3 heteroatoms. The van der Waals surface area contributed by atoms with Crippen molar-refractivity contribution in [2.75, 3.05) is 28.2 Å². The second-order valence-corrected chi connectivity index (χ2v) is 1.54. The highest BCUT2D eigenvalue weighted by atomic mass is 15.8. The Morgan fingerprint density at radius 1 is 1.14 bits per heavy atom. The third-order valence-electron chi connectivity index (χ3n) is 0.868. The summed E-state index contributed by atoms with van der Waals surface area (Å²) in [4.78, 5) is 0. The van der Waals surface area contributed by atoms with Crippen LogP contribution in [-0.4, -0.2) is 38.3 Å². The van der Waals surface area contributed by atoms with Crippen LogP contribution in [0.4, 0.5) is 0 Å². The van der Waals surface area contributed by atoms with Crippen LogP contribution in [0.2, 0.25) is 0 Å². The van der Waals surface area contributed by atoms with Gasteiger partial charge in [0.15, 0.2) is 0 Å². The van der Waals surface area contributed by atoms with E-state index in [9.17, 15) is 0 Å². The zero-order valence-corrected chi connectivity index (χ0v) is 5.34. The summed E-state index contributed by atoms with van der Waals surface area (Å²) < 4.78 is 0. The summed E-state index contributed by atoms with van der Waals surface area (Å²) >= 11 is 0. The van der Waals surface area contributed by atoms with Gasteiger partial charge < -0.3 is 10.5 Å². The molecule has 0 aliphatic rings. The Morgan fingerprint density at radius 2 is 1.57 bits per heavy atom. The first kappa shape index (κ1) is 6.88. The van der Waals surface area contributed by atoms with Crippen molar-refractivity contribution < 1.29 is 0 Å². The summed E-state index contributed by atoms with van der Waals surface area (Å²) in [7, 11) is 7.51. The smallest absolute Gasteiger partial charge is 0.0000451 e. The van der Waals surface area contributed by atoms with Gasteiger partial charge in [-0.3, -0.25) is 5.01 Å². The molecule has 0 aromatic carbocycles. The largest absolute Gasteiger partial charge is 0.582 e. The minimum atomic E-state index is 1.75. The van der Waals surface area contributed by atoms with E-state index in [0.29, 0.717) is 0 Å². The number of hydrazine groups is 1. The molecule has 0 unspecified atom stereocenters. The third kappa shape index (κ3) is 2.56. The Morgan fingerprint density at radius 3 is 1.57 bits per heavy atom. The number of hydrogen-bond donors (Lipinski definition) is 0. The average Bonchev–Trinajstić information content (AvgIpc) is 1.65. The van der Waals surface area contributed by atoms with Crippen LogP contribution in [0.3, 0.4) is 0 Å². The summed E-state index contributed by atoms with van der Waals surface area (Å²) in [5, 5.41) is 3.64. The Balaban J connectivity index is 3.14. The summed E-state index contributed by atoms with van der Waals surface area (Å²) in [6.45, 7) is 0. The van der Waals surface area contributed by atoms with Gasteiger partial charge in [0.1, 0.15) is 0 Å². The van der Waals surface area contributed by atoms with Crippen molar-refractivity contribution in [1.82, 2.24) is 10.1 Å². The van der Waals surface area contributed by atoms with Crippen molar-refractivity contribution in [3.8, 4) is 0 Å². The molecule has 0 aliphatic heterocycles. The SMILES string of the molecule is C[N-]N(C)N(C)C. The normalized spacial score (nSPS) is 11.1. The molecule has 7 heavy (non-hydrogen) atoms. The van der Waals surface area contributed by atoms with Crippen LogP contribution in [0.15, 0.2) is 0 Å². The van der Waals surface area contributed by atoms with Gasteiger partial charge in [-0.1, -0.05) is 0 Å². The molecule has 3 nitrogen and oxygen atoms in total. The zero-order valence-electron chi connectivity index (χ0n) is 5.34. The molecule has 0 saturated carbocycles. The highest BCUT2D eigenvalue weighted by Gasteiger charge is 1.80. The zero-order chi connectivity index (χ0) is 5.86. The average molecular weight is 102 g/mol. The van der Waals surface area contributed by atoms with Gasteiger partial charge in [0.25, 0.3) is 0 Å². The summed E-state index contributed by atoms with van der Waals surface area (Å²) in [5.74, 6) is 0. The minimum Gasteiger partial charge on any atom is -0.582 e. The molecule has 0 heterocycles. The molecule has 44 valence electrons. The summed E-state index contributed by atoms with van der Waals surface area (Å²) in [5.41, 5.74) is 3.85. The van der Waals surface area contributed by atoms with Gasteiger partial charge in [-0.05, 0) is 21.1 Å². The van der Waals surface area contributed by atoms with E-state index in [0.717, 1.165) is 0 Å². The quantitative estimate of drug-likeness (QED) is 0.468. The van der Waals surface area contributed by atoms with Gasteiger partial charge in [0.05, 0.1) is 0 Å². The fourth-order valence-electron chi connectivity index (χ4n) is 0.179. The second-order valence-electron chi connectivity index (χ2n) is 1.54. The molecule has 0 spiro atoms. The lowest BCUT2D eigenvalue weighted by Crippen LogP contribution is -2.28. The molecule has 0 fully saturated rings. The topological polar surface area (TPSA) is 20.6 Å². The lowest BCUT2D eigenvalue weighted by Gasteiger charge is -2.35. The molecular weight excluding hydrogens is 90.1 g/mol. The van der Waals surface area contributed by atoms with Crippen molar-refractivity contribution in [1.29, 1.82) is 0 Å². The van der Waals surface area contributed by atoms with E-state index in [1.807, 2.05) is 26.2 Å².